The number of para-hydroxylation sites is 3. The number of fused-ring (bicyclic) bond motifs is 1. The first-order chi connectivity index (χ1) is 10.7. The van der Waals surface area contributed by atoms with Crippen molar-refractivity contribution in [1.29, 1.82) is 0 Å². The van der Waals surface area contributed by atoms with Crippen molar-refractivity contribution in [1.82, 2.24) is 4.90 Å². The molecule has 0 aliphatic carbocycles. The first-order valence-corrected chi connectivity index (χ1v) is 7.59. The molecule has 0 fully saturated rings. The van der Waals surface area contributed by atoms with E-state index in [1.807, 2.05) is 66.5 Å². The van der Waals surface area contributed by atoms with E-state index in [1.165, 1.54) is 0 Å². The number of benzene rings is 2. The molecule has 0 spiro atoms. The Morgan fingerprint density at radius 2 is 1.82 bits per heavy atom. The first kappa shape index (κ1) is 14.7. The van der Waals surface area contributed by atoms with Gasteiger partial charge in [0.05, 0.1) is 6.54 Å². The highest BCUT2D eigenvalue weighted by Crippen LogP contribution is 2.30. The maximum atomic E-state index is 5.95. The van der Waals surface area contributed by atoms with Crippen LogP contribution in [0.1, 0.15) is 0 Å². The Balaban J connectivity index is 1.56. The fourth-order valence-corrected chi connectivity index (χ4v) is 2.47. The Morgan fingerprint density at radius 1 is 1.14 bits per heavy atom. The van der Waals surface area contributed by atoms with Gasteiger partial charge in [-0.3, -0.25) is 0 Å². The highest BCUT2D eigenvalue weighted by molar-refractivity contribution is 7.80. The standard InChI is InChI=1S/C17H18N2O2S/c1-19(17(22)18-13-7-3-2-4-8-13)11-14-12-20-15-9-5-6-10-16(15)21-14/h2-10,14H,11-12H2,1H3,(H,18,22)/t14-/m0/s1. The van der Waals surface area contributed by atoms with E-state index in [2.05, 4.69) is 5.32 Å². The molecule has 0 amide bonds. The second kappa shape index (κ2) is 6.66. The number of rotatable bonds is 3. The third kappa shape index (κ3) is 3.49. The average molecular weight is 314 g/mol. The molecule has 0 bridgehead atoms. The third-order valence-electron chi connectivity index (χ3n) is 3.42. The van der Waals surface area contributed by atoms with Crippen molar-refractivity contribution in [3.05, 3.63) is 54.6 Å². The lowest BCUT2D eigenvalue weighted by Gasteiger charge is -2.30. The van der Waals surface area contributed by atoms with Crippen LogP contribution in [0.15, 0.2) is 54.6 Å². The fourth-order valence-electron chi connectivity index (χ4n) is 2.28. The zero-order valence-corrected chi connectivity index (χ0v) is 13.2. The van der Waals surface area contributed by atoms with Gasteiger partial charge in [0.1, 0.15) is 6.61 Å². The van der Waals surface area contributed by atoms with Crippen LogP contribution in [0.3, 0.4) is 0 Å². The van der Waals surface area contributed by atoms with Crippen molar-refractivity contribution in [3.8, 4) is 11.5 Å². The predicted molar refractivity (Wildman–Crippen MR) is 91.6 cm³/mol. The molecule has 0 saturated carbocycles. The van der Waals surface area contributed by atoms with Crippen molar-refractivity contribution < 1.29 is 9.47 Å². The monoisotopic (exact) mass is 314 g/mol. The quantitative estimate of drug-likeness (QED) is 0.880. The largest absolute Gasteiger partial charge is 0.486 e. The van der Waals surface area contributed by atoms with Crippen molar-refractivity contribution in [2.45, 2.75) is 6.10 Å². The van der Waals surface area contributed by atoms with Crippen molar-refractivity contribution in [3.63, 3.8) is 0 Å². The van der Waals surface area contributed by atoms with Gasteiger partial charge in [0, 0.05) is 12.7 Å². The number of nitrogens with one attached hydrogen (secondary N) is 1. The summed E-state index contributed by atoms with van der Waals surface area (Å²) in [4.78, 5) is 1.96. The normalized spacial score (nSPS) is 16.0. The highest BCUT2D eigenvalue weighted by Gasteiger charge is 2.22. The highest BCUT2D eigenvalue weighted by atomic mass is 32.1. The van der Waals surface area contributed by atoms with Crippen LogP contribution in [0.25, 0.3) is 0 Å². The molecule has 22 heavy (non-hydrogen) atoms. The summed E-state index contributed by atoms with van der Waals surface area (Å²) in [7, 11) is 1.95. The zero-order valence-electron chi connectivity index (χ0n) is 12.4. The Labute approximate surface area is 135 Å². The van der Waals surface area contributed by atoms with Gasteiger partial charge in [-0.05, 0) is 36.5 Å². The van der Waals surface area contributed by atoms with E-state index in [0.29, 0.717) is 18.3 Å². The van der Waals surface area contributed by atoms with Crippen LogP contribution in [0.4, 0.5) is 5.69 Å². The van der Waals surface area contributed by atoms with Gasteiger partial charge in [-0.25, -0.2) is 0 Å². The minimum atomic E-state index is -0.0459. The van der Waals surface area contributed by atoms with E-state index in [1.54, 1.807) is 0 Å². The van der Waals surface area contributed by atoms with Crippen LogP contribution < -0.4 is 14.8 Å². The number of likely N-dealkylation sites (N-methyl/N-ethyl adjacent to an activating group) is 1. The number of hydrogen-bond donors (Lipinski definition) is 1. The molecule has 0 saturated heterocycles. The lowest BCUT2D eigenvalue weighted by Crippen LogP contribution is -2.43. The van der Waals surface area contributed by atoms with Crippen molar-refractivity contribution in [2.24, 2.45) is 0 Å². The van der Waals surface area contributed by atoms with Gasteiger partial charge in [0.25, 0.3) is 0 Å². The summed E-state index contributed by atoms with van der Waals surface area (Å²) in [6.45, 7) is 1.18. The lowest BCUT2D eigenvalue weighted by atomic mass is 10.2. The topological polar surface area (TPSA) is 33.7 Å². The summed E-state index contributed by atoms with van der Waals surface area (Å²) >= 11 is 5.42. The Hall–Kier alpha value is -2.27. The van der Waals surface area contributed by atoms with E-state index < -0.39 is 0 Å². The lowest BCUT2D eigenvalue weighted by molar-refractivity contribution is 0.0784. The SMILES string of the molecule is CN(C[C@H]1COc2ccccc2O1)C(=S)Nc1ccccc1. The molecule has 1 N–H and O–H groups in total. The van der Waals surface area contributed by atoms with E-state index in [-0.39, 0.29) is 6.10 Å². The van der Waals surface area contributed by atoms with E-state index in [0.717, 1.165) is 17.2 Å². The van der Waals surface area contributed by atoms with Gasteiger partial charge in [-0.2, -0.15) is 0 Å². The molecule has 1 aliphatic rings. The first-order valence-electron chi connectivity index (χ1n) is 7.18. The van der Waals surface area contributed by atoms with Crippen LogP contribution in [-0.2, 0) is 0 Å². The molecular weight excluding hydrogens is 296 g/mol. The molecule has 1 heterocycles. The van der Waals surface area contributed by atoms with Gasteiger partial charge in [-0.15, -0.1) is 0 Å². The number of thiocarbonyl (C=S) groups is 1. The maximum Gasteiger partial charge on any atom is 0.173 e. The summed E-state index contributed by atoms with van der Waals surface area (Å²) in [5.74, 6) is 1.58. The molecule has 2 aromatic carbocycles. The molecule has 0 unspecified atom stereocenters. The van der Waals surface area contributed by atoms with Crippen LogP contribution in [0, 0.1) is 0 Å². The average Bonchev–Trinajstić information content (AvgIpc) is 2.55. The molecule has 0 radical (unpaired) electrons. The minimum absolute atomic E-state index is 0.0459. The molecule has 0 aromatic heterocycles. The summed E-state index contributed by atoms with van der Waals surface area (Å²) in [6.07, 6.45) is -0.0459. The van der Waals surface area contributed by atoms with Crippen LogP contribution >= 0.6 is 12.2 Å². The van der Waals surface area contributed by atoms with E-state index in [4.69, 9.17) is 21.7 Å². The van der Waals surface area contributed by atoms with Crippen molar-refractivity contribution in [2.75, 3.05) is 25.5 Å². The molecule has 5 heteroatoms. The molecule has 1 atom stereocenters. The second-order valence-corrected chi connectivity index (χ2v) is 5.56. The summed E-state index contributed by atoms with van der Waals surface area (Å²) in [5.41, 5.74) is 0.977. The van der Waals surface area contributed by atoms with Crippen LogP contribution in [-0.4, -0.2) is 36.3 Å². The van der Waals surface area contributed by atoms with Gasteiger partial charge in [-0.1, -0.05) is 30.3 Å². The molecule has 1 aliphatic heterocycles. The van der Waals surface area contributed by atoms with Crippen LogP contribution in [0.2, 0.25) is 0 Å². The summed E-state index contributed by atoms with van der Waals surface area (Å²) in [6, 6.07) is 17.6. The van der Waals surface area contributed by atoms with Gasteiger partial charge in [0.2, 0.25) is 0 Å². The Morgan fingerprint density at radius 3 is 2.59 bits per heavy atom. The van der Waals surface area contributed by atoms with Gasteiger partial charge >= 0.3 is 0 Å². The number of hydrogen-bond acceptors (Lipinski definition) is 3. The Bertz CT molecular complexity index is 648. The predicted octanol–water partition coefficient (Wildman–Crippen LogP) is 3.16. The number of ether oxygens (including phenoxy) is 2. The molecule has 2 aromatic rings. The number of nitrogens with zero attached hydrogens (tertiary/aromatic N) is 1. The van der Waals surface area contributed by atoms with Crippen LogP contribution in [0.5, 0.6) is 11.5 Å². The zero-order chi connectivity index (χ0) is 15.4. The van der Waals surface area contributed by atoms with E-state index in [9.17, 15) is 0 Å². The minimum Gasteiger partial charge on any atom is -0.486 e. The van der Waals surface area contributed by atoms with E-state index >= 15 is 0 Å². The molecule has 114 valence electrons. The molecule has 3 rings (SSSR count). The molecule has 4 nitrogen and oxygen atoms in total. The second-order valence-electron chi connectivity index (χ2n) is 5.17. The smallest absolute Gasteiger partial charge is 0.173 e. The van der Waals surface area contributed by atoms with Gasteiger partial charge in [0.15, 0.2) is 22.7 Å². The summed E-state index contributed by atoms with van der Waals surface area (Å²) in [5, 5.41) is 3.87. The third-order valence-corrected chi connectivity index (χ3v) is 3.83. The molecular formula is C17H18N2O2S. The van der Waals surface area contributed by atoms with Gasteiger partial charge < -0.3 is 19.7 Å². The van der Waals surface area contributed by atoms with Crippen molar-refractivity contribution >= 4 is 23.0 Å². The Kier molecular flexibility index (Phi) is 4.44. The fraction of sp³-hybridized carbons (Fsp3) is 0.235. The summed E-state index contributed by atoms with van der Waals surface area (Å²) < 4.78 is 11.7. The maximum absolute atomic E-state index is 5.95. The number of anilines is 1.